The van der Waals surface area contributed by atoms with E-state index in [-0.39, 0.29) is 23.7 Å². The topological polar surface area (TPSA) is 137 Å². The van der Waals surface area contributed by atoms with Gasteiger partial charge < -0.3 is 24.3 Å². The fourth-order valence-corrected chi connectivity index (χ4v) is 9.19. The molecule has 3 fully saturated rings. The first-order valence-electron chi connectivity index (χ1n) is 18.3. The summed E-state index contributed by atoms with van der Waals surface area (Å²) in [5.74, 6) is 1.23. The van der Waals surface area contributed by atoms with Gasteiger partial charge >= 0.3 is 0 Å². The van der Waals surface area contributed by atoms with Crippen LogP contribution in [0.4, 0.5) is 0 Å². The molecule has 0 saturated carbocycles. The zero-order valence-electron chi connectivity index (χ0n) is 29.7. The molecule has 276 valence electrons. The first-order valence-corrected chi connectivity index (χ1v) is 19.0. The molecular weight excluding hydrogens is 727 g/mol. The Labute approximate surface area is 322 Å². The molecule has 9 rings (SSSR count). The number of aliphatic hydroxyl groups is 1. The number of amides is 1. The maximum Gasteiger partial charge on any atom is 0.236 e. The minimum Gasteiger partial charge on any atom is -0.481 e. The molecule has 2 atom stereocenters. The molecule has 1 spiro atoms. The number of β-amino-alcohol motifs (C(OH)–C–C–N with tert-alkyl or cyclic N) is 1. The van der Waals surface area contributed by atoms with Gasteiger partial charge in [-0.25, -0.2) is 4.98 Å². The monoisotopic (exact) mass is 764 g/mol. The first-order chi connectivity index (χ1) is 26.2. The van der Waals surface area contributed by atoms with Gasteiger partial charge in [0.05, 0.1) is 34.9 Å². The van der Waals surface area contributed by atoms with Crippen molar-refractivity contribution in [2.75, 3.05) is 33.3 Å². The summed E-state index contributed by atoms with van der Waals surface area (Å²) in [5, 5.41) is 24.0. The lowest BCUT2D eigenvalue weighted by Gasteiger charge is -2.48. The summed E-state index contributed by atoms with van der Waals surface area (Å²) in [5.41, 5.74) is 7.77. The average Bonchev–Trinajstić information content (AvgIpc) is 3.95. The van der Waals surface area contributed by atoms with Gasteiger partial charge in [0, 0.05) is 56.8 Å². The number of nitriles is 1. The predicted molar refractivity (Wildman–Crippen MR) is 203 cm³/mol. The Kier molecular flexibility index (Phi) is 8.99. The van der Waals surface area contributed by atoms with Crippen molar-refractivity contribution >= 4 is 40.2 Å². The van der Waals surface area contributed by atoms with Gasteiger partial charge in [-0.3, -0.25) is 14.6 Å². The maximum absolute atomic E-state index is 11.8. The number of oxazole rings is 1. The number of likely N-dealkylation sites (tertiary alicyclic amines) is 2. The number of halogens is 2. The molecule has 54 heavy (non-hydrogen) atoms. The quantitative estimate of drug-likeness (QED) is 0.164. The van der Waals surface area contributed by atoms with E-state index in [0.717, 1.165) is 78.7 Å². The van der Waals surface area contributed by atoms with Crippen LogP contribution in [0.3, 0.4) is 0 Å². The molecule has 3 aromatic carbocycles. The van der Waals surface area contributed by atoms with E-state index in [4.69, 9.17) is 42.1 Å². The third-order valence-electron chi connectivity index (χ3n) is 11.2. The third kappa shape index (κ3) is 6.36. The number of ether oxygens (including phenoxy) is 2. The SMILES string of the molecule is COc1nc(O[C@@H]2CCc3c(-c4cccc(-c5nc6cc(CN7CC8(CCC(=O)N8)C7)cc(C#N)c6o5)c4Cl)cccc32)c(Cl)cc1CN1CC[C@@H](O)C1. The van der Waals surface area contributed by atoms with Crippen LogP contribution in [0.1, 0.15) is 59.6 Å². The summed E-state index contributed by atoms with van der Waals surface area (Å²) >= 11 is 13.9. The van der Waals surface area contributed by atoms with Crippen LogP contribution in [0.25, 0.3) is 33.7 Å². The predicted octanol–water partition coefficient (Wildman–Crippen LogP) is 6.84. The van der Waals surface area contributed by atoms with E-state index >= 15 is 0 Å². The normalized spacial score (nSPS) is 20.6. The standard InChI is InChI=1S/C41H38Cl2N6O5/c1-52-38-25(19-48-13-11-26(50)20-48)16-32(42)40(46-38)53-34-9-8-28-27(4-2-5-29(28)34)30-6-3-7-31(36(30)43)39-45-33-15-23(14-24(17-44)37(33)54-39)18-49-21-41(22-49)12-10-35(51)47-41/h2-7,14-16,26,34,50H,8-13,18-22H2,1H3,(H,47,51)/t26-,34-/m1/s1. The second kappa shape index (κ2) is 13.9. The van der Waals surface area contributed by atoms with E-state index in [1.54, 1.807) is 7.11 Å². The van der Waals surface area contributed by atoms with E-state index in [9.17, 15) is 15.2 Å². The Morgan fingerprint density at radius 3 is 2.59 bits per heavy atom. The van der Waals surface area contributed by atoms with Crippen LogP contribution < -0.4 is 14.8 Å². The Balaban J connectivity index is 0.963. The molecule has 5 aromatic rings. The molecule has 0 radical (unpaired) electrons. The lowest BCUT2D eigenvalue weighted by molar-refractivity contribution is -0.120. The highest BCUT2D eigenvalue weighted by atomic mass is 35.5. The Morgan fingerprint density at radius 2 is 1.83 bits per heavy atom. The number of aromatic nitrogens is 2. The zero-order chi connectivity index (χ0) is 37.1. The van der Waals surface area contributed by atoms with Crippen LogP contribution in [0.15, 0.2) is 59.0 Å². The molecule has 2 aromatic heterocycles. The lowest BCUT2D eigenvalue weighted by Crippen LogP contribution is -2.66. The highest BCUT2D eigenvalue weighted by Gasteiger charge is 2.47. The Hall–Kier alpha value is -4.70. The number of pyridine rings is 1. The molecule has 13 heteroatoms. The number of carbonyl (C=O) groups excluding carboxylic acids is 1. The van der Waals surface area contributed by atoms with Gasteiger partial charge in [0.2, 0.25) is 23.6 Å². The van der Waals surface area contributed by atoms with Crippen molar-refractivity contribution in [2.24, 2.45) is 0 Å². The van der Waals surface area contributed by atoms with Gasteiger partial charge in [0.25, 0.3) is 0 Å². The van der Waals surface area contributed by atoms with E-state index in [0.29, 0.717) is 76.0 Å². The molecule has 0 bridgehead atoms. The second-order valence-corrected chi connectivity index (χ2v) is 15.7. The fraction of sp³-hybridized carbons (Fsp3) is 0.366. The number of nitrogens with zero attached hydrogens (tertiary/aromatic N) is 5. The van der Waals surface area contributed by atoms with Crippen molar-refractivity contribution in [3.63, 3.8) is 0 Å². The van der Waals surface area contributed by atoms with Crippen molar-refractivity contribution < 1.29 is 23.8 Å². The number of nitrogens with one attached hydrogen (secondary N) is 1. The number of carbonyl (C=O) groups is 1. The van der Waals surface area contributed by atoms with Crippen LogP contribution in [-0.4, -0.2) is 75.7 Å². The maximum atomic E-state index is 11.8. The molecular formula is C41H38Cl2N6O5. The number of hydrogen-bond donors (Lipinski definition) is 2. The van der Waals surface area contributed by atoms with Crippen LogP contribution in [0.5, 0.6) is 11.8 Å². The van der Waals surface area contributed by atoms with Gasteiger partial charge in [-0.2, -0.15) is 10.2 Å². The Morgan fingerprint density at radius 1 is 1.02 bits per heavy atom. The molecule has 2 N–H and O–H groups in total. The third-order valence-corrected chi connectivity index (χ3v) is 11.8. The van der Waals surface area contributed by atoms with Crippen molar-refractivity contribution in [3.05, 3.63) is 92.5 Å². The molecule has 5 heterocycles. The van der Waals surface area contributed by atoms with Crippen LogP contribution in [0.2, 0.25) is 10.0 Å². The minimum absolute atomic E-state index is 0.111. The lowest BCUT2D eigenvalue weighted by atomic mass is 9.88. The fourth-order valence-electron chi connectivity index (χ4n) is 8.67. The molecule has 1 aliphatic carbocycles. The van der Waals surface area contributed by atoms with E-state index < -0.39 is 0 Å². The van der Waals surface area contributed by atoms with E-state index in [2.05, 4.69) is 38.3 Å². The summed E-state index contributed by atoms with van der Waals surface area (Å²) in [6, 6.07) is 19.9. The minimum atomic E-state index is -0.320. The van der Waals surface area contributed by atoms with E-state index in [1.165, 1.54) is 0 Å². The van der Waals surface area contributed by atoms with Crippen LogP contribution >= 0.6 is 23.2 Å². The van der Waals surface area contributed by atoms with Crippen LogP contribution in [0, 0.1) is 11.3 Å². The molecule has 4 aliphatic rings. The largest absolute Gasteiger partial charge is 0.481 e. The summed E-state index contributed by atoms with van der Waals surface area (Å²) in [6.45, 7) is 4.22. The average molecular weight is 766 g/mol. The summed E-state index contributed by atoms with van der Waals surface area (Å²) < 4.78 is 18.4. The van der Waals surface area contributed by atoms with Gasteiger partial charge in [-0.05, 0) is 72.2 Å². The summed E-state index contributed by atoms with van der Waals surface area (Å²) in [4.78, 5) is 25.7. The zero-order valence-corrected chi connectivity index (χ0v) is 31.2. The molecule has 3 saturated heterocycles. The van der Waals surface area contributed by atoms with Gasteiger partial charge in [0.1, 0.15) is 22.7 Å². The number of benzene rings is 3. The number of rotatable bonds is 9. The van der Waals surface area contributed by atoms with Crippen molar-refractivity contribution in [3.8, 4) is 40.4 Å². The Bertz CT molecular complexity index is 2350. The van der Waals surface area contributed by atoms with Crippen molar-refractivity contribution in [2.45, 2.75) is 62.9 Å². The smallest absolute Gasteiger partial charge is 0.236 e. The molecule has 3 aliphatic heterocycles. The molecule has 11 nitrogen and oxygen atoms in total. The summed E-state index contributed by atoms with van der Waals surface area (Å²) in [6.07, 6.45) is 3.09. The number of fused-ring (bicyclic) bond motifs is 2. The van der Waals surface area contributed by atoms with Crippen molar-refractivity contribution in [1.82, 2.24) is 25.1 Å². The first kappa shape index (κ1) is 35.0. The second-order valence-electron chi connectivity index (χ2n) is 14.9. The molecule has 0 unspecified atom stereocenters. The van der Waals surface area contributed by atoms with Gasteiger partial charge in [-0.15, -0.1) is 0 Å². The highest BCUT2D eigenvalue weighted by Crippen LogP contribution is 2.45. The van der Waals surface area contributed by atoms with Gasteiger partial charge in [-0.1, -0.05) is 53.5 Å². The van der Waals surface area contributed by atoms with Crippen molar-refractivity contribution in [1.29, 1.82) is 5.26 Å². The van der Waals surface area contributed by atoms with Gasteiger partial charge in [0.15, 0.2) is 5.58 Å². The summed E-state index contributed by atoms with van der Waals surface area (Å²) in [7, 11) is 1.58. The number of methoxy groups -OCH3 is 1. The van der Waals surface area contributed by atoms with Crippen LogP contribution in [-0.2, 0) is 24.3 Å². The molecule has 1 amide bonds. The van der Waals surface area contributed by atoms with E-state index in [1.807, 2.05) is 42.5 Å². The highest BCUT2D eigenvalue weighted by molar-refractivity contribution is 6.36. The number of aliphatic hydroxyl groups excluding tert-OH is 1. The number of hydrogen-bond acceptors (Lipinski definition) is 10.